The lowest BCUT2D eigenvalue weighted by Gasteiger charge is -2.03. The summed E-state index contributed by atoms with van der Waals surface area (Å²) in [6.07, 6.45) is 0. The van der Waals surface area contributed by atoms with Crippen molar-refractivity contribution in [3.8, 4) is 0 Å². The molecule has 1 aromatic heterocycles. The van der Waals surface area contributed by atoms with Gasteiger partial charge in [0.2, 0.25) is 0 Å². The van der Waals surface area contributed by atoms with Gasteiger partial charge in [-0.25, -0.2) is 4.98 Å². The molecule has 20 heavy (non-hydrogen) atoms. The molecule has 3 rings (SSSR count). The molecule has 0 bridgehead atoms. The Balaban J connectivity index is 1.89. The van der Waals surface area contributed by atoms with E-state index >= 15 is 0 Å². The Bertz CT molecular complexity index is 800. The van der Waals surface area contributed by atoms with E-state index in [-0.39, 0.29) is 5.91 Å². The summed E-state index contributed by atoms with van der Waals surface area (Å²) < 4.78 is 1.70. The van der Waals surface area contributed by atoms with Gasteiger partial charge in [-0.2, -0.15) is 0 Å². The molecule has 4 nitrogen and oxygen atoms in total. The van der Waals surface area contributed by atoms with Gasteiger partial charge in [0.25, 0.3) is 5.91 Å². The number of nitrogens with one attached hydrogen (secondary N) is 1. The van der Waals surface area contributed by atoms with E-state index in [9.17, 15) is 4.79 Å². The van der Waals surface area contributed by atoms with Gasteiger partial charge in [-0.05, 0) is 46.3 Å². The maximum Gasteiger partial charge on any atom is 0.258 e. The summed E-state index contributed by atoms with van der Waals surface area (Å²) in [7, 11) is 0. The Hall–Kier alpha value is -1.92. The number of thiazole rings is 1. The number of nitrogens with two attached hydrogens (primary N) is 1. The number of halogens is 1. The Kier molecular flexibility index (Phi) is 3.42. The third-order valence-electron chi connectivity index (χ3n) is 2.75. The molecule has 0 spiro atoms. The molecule has 1 amide bonds. The van der Waals surface area contributed by atoms with Gasteiger partial charge in [-0.3, -0.25) is 10.1 Å². The van der Waals surface area contributed by atoms with Crippen LogP contribution in [0.4, 0.5) is 10.8 Å². The minimum atomic E-state index is -0.190. The molecular formula is C14H10BrN3OS. The molecule has 0 radical (unpaired) electrons. The average molecular weight is 348 g/mol. The second-order valence-electron chi connectivity index (χ2n) is 4.18. The maximum absolute atomic E-state index is 12.2. The number of nitrogens with zero attached hydrogens (tertiary/aromatic N) is 1. The molecule has 0 unspecified atom stereocenters. The number of fused-ring (bicyclic) bond motifs is 1. The number of rotatable bonds is 2. The smallest absolute Gasteiger partial charge is 0.258 e. The quantitative estimate of drug-likeness (QED) is 0.691. The van der Waals surface area contributed by atoms with Gasteiger partial charge in [-0.15, -0.1) is 0 Å². The van der Waals surface area contributed by atoms with Crippen molar-refractivity contribution in [3.63, 3.8) is 0 Å². The molecule has 0 saturated carbocycles. The molecule has 0 fully saturated rings. The number of hydrogen-bond donors (Lipinski definition) is 2. The molecule has 6 heteroatoms. The predicted molar refractivity (Wildman–Crippen MR) is 86.1 cm³/mol. The lowest BCUT2D eigenvalue weighted by Crippen LogP contribution is -2.12. The SMILES string of the molecule is Nc1ccc2nc(NC(=O)c3ccccc3Br)sc2c1. The van der Waals surface area contributed by atoms with E-state index in [4.69, 9.17) is 5.73 Å². The zero-order chi connectivity index (χ0) is 14.1. The fourth-order valence-corrected chi connectivity index (χ4v) is 3.18. The van der Waals surface area contributed by atoms with Crippen molar-refractivity contribution in [2.24, 2.45) is 0 Å². The maximum atomic E-state index is 12.2. The van der Waals surface area contributed by atoms with Crippen molar-refractivity contribution in [2.75, 3.05) is 11.1 Å². The molecule has 2 aromatic carbocycles. The first-order valence-corrected chi connectivity index (χ1v) is 7.46. The van der Waals surface area contributed by atoms with Crippen LogP contribution in [0.25, 0.3) is 10.2 Å². The van der Waals surface area contributed by atoms with E-state index in [2.05, 4.69) is 26.2 Å². The number of amides is 1. The van der Waals surface area contributed by atoms with Crippen LogP contribution in [0.5, 0.6) is 0 Å². The zero-order valence-corrected chi connectivity index (χ0v) is 12.7. The Morgan fingerprint density at radius 1 is 1.25 bits per heavy atom. The van der Waals surface area contributed by atoms with Gasteiger partial charge in [0.05, 0.1) is 15.8 Å². The van der Waals surface area contributed by atoms with Crippen LogP contribution in [0.3, 0.4) is 0 Å². The number of carbonyl (C=O) groups excluding carboxylic acids is 1. The second kappa shape index (κ2) is 5.22. The van der Waals surface area contributed by atoms with E-state index in [1.807, 2.05) is 30.3 Å². The Morgan fingerprint density at radius 3 is 2.85 bits per heavy atom. The fourth-order valence-electron chi connectivity index (χ4n) is 1.80. The van der Waals surface area contributed by atoms with Gasteiger partial charge < -0.3 is 5.73 Å². The van der Waals surface area contributed by atoms with Crippen molar-refractivity contribution < 1.29 is 4.79 Å². The topological polar surface area (TPSA) is 68.0 Å². The molecule has 0 saturated heterocycles. The standard InChI is InChI=1S/C14H10BrN3OS/c15-10-4-2-1-3-9(10)13(19)18-14-17-11-6-5-8(16)7-12(11)20-14/h1-7H,16H2,(H,17,18,19). The van der Waals surface area contributed by atoms with Crippen molar-refractivity contribution >= 4 is 54.2 Å². The van der Waals surface area contributed by atoms with E-state index < -0.39 is 0 Å². The normalized spacial score (nSPS) is 10.7. The molecule has 0 aliphatic rings. The van der Waals surface area contributed by atoms with Crippen molar-refractivity contribution in [1.29, 1.82) is 0 Å². The second-order valence-corrected chi connectivity index (χ2v) is 6.07. The summed E-state index contributed by atoms with van der Waals surface area (Å²) in [5.74, 6) is -0.190. The van der Waals surface area contributed by atoms with Crippen LogP contribution >= 0.6 is 27.3 Å². The largest absolute Gasteiger partial charge is 0.399 e. The van der Waals surface area contributed by atoms with E-state index in [1.54, 1.807) is 12.1 Å². The van der Waals surface area contributed by atoms with Gasteiger partial charge in [0, 0.05) is 10.2 Å². The van der Waals surface area contributed by atoms with E-state index in [1.165, 1.54) is 11.3 Å². The minimum Gasteiger partial charge on any atom is -0.399 e. The fraction of sp³-hybridized carbons (Fsp3) is 0. The molecule has 0 aliphatic carbocycles. The van der Waals surface area contributed by atoms with Crippen molar-refractivity contribution in [1.82, 2.24) is 4.98 Å². The number of anilines is 2. The average Bonchev–Trinajstić information content (AvgIpc) is 2.80. The lowest BCUT2D eigenvalue weighted by molar-refractivity contribution is 0.102. The first-order valence-electron chi connectivity index (χ1n) is 5.85. The highest BCUT2D eigenvalue weighted by Crippen LogP contribution is 2.28. The third kappa shape index (κ3) is 2.52. The van der Waals surface area contributed by atoms with Crippen LogP contribution in [-0.4, -0.2) is 10.9 Å². The number of carbonyl (C=O) groups is 1. The van der Waals surface area contributed by atoms with E-state index in [0.29, 0.717) is 16.4 Å². The highest BCUT2D eigenvalue weighted by Gasteiger charge is 2.12. The van der Waals surface area contributed by atoms with Crippen LogP contribution in [0.1, 0.15) is 10.4 Å². The summed E-state index contributed by atoms with van der Waals surface area (Å²) >= 11 is 4.76. The summed E-state index contributed by atoms with van der Waals surface area (Å²) in [4.78, 5) is 16.5. The highest BCUT2D eigenvalue weighted by molar-refractivity contribution is 9.10. The van der Waals surface area contributed by atoms with Gasteiger partial charge >= 0.3 is 0 Å². The summed E-state index contributed by atoms with van der Waals surface area (Å²) in [6.45, 7) is 0. The Labute approximate surface area is 127 Å². The third-order valence-corrected chi connectivity index (χ3v) is 4.38. The van der Waals surface area contributed by atoms with Crippen LogP contribution in [0.15, 0.2) is 46.9 Å². The molecule has 0 aliphatic heterocycles. The number of aromatic nitrogens is 1. The number of hydrogen-bond acceptors (Lipinski definition) is 4. The Morgan fingerprint density at radius 2 is 2.05 bits per heavy atom. The zero-order valence-electron chi connectivity index (χ0n) is 10.3. The number of nitrogen functional groups attached to an aromatic ring is 1. The van der Waals surface area contributed by atoms with Gasteiger partial charge in [-0.1, -0.05) is 23.5 Å². The molecule has 3 aromatic rings. The van der Waals surface area contributed by atoms with Crippen molar-refractivity contribution in [3.05, 3.63) is 52.5 Å². The summed E-state index contributed by atoms with van der Waals surface area (Å²) in [5.41, 5.74) is 7.82. The molecule has 1 heterocycles. The number of benzene rings is 2. The highest BCUT2D eigenvalue weighted by atomic mass is 79.9. The van der Waals surface area contributed by atoms with Crippen molar-refractivity contribution in [2.45, 2.75) is 0 Å². The van der Waals surface area contributed by atoms with E-state index in [0.717, 1.165) is 14.7 Å². The van der Waals surface area contributed by atoms with Crippen LogP contribution < -0.4 is 11.1 Å². The predicted octanol–water partition coefficient (Wildman–Crippen LogP) is 3.89. The molecular weight excluding hydrogens is 338 g/mol. The summed E-state index contributed by atoms with van der Waals surface area (Å²) in [6, 6.07) is 12.7. The first kappa shape index (κ1) is 13.1. The van der Waals surface area contributed by atoms with Crippen LogP contribution in [0.2, 0.25) is 0 Å². The summed E-state index contributed by atoms with van der Waals surface area (Å²) in [5, 5.41) is 3.37. The first-order chi connectivity index (χ1) is 9.63. The minimum absolute atomic E-state index is 0.190. The van der Waals surface area contributed by atoms with Crippen LogP contribution in [-0.2, 0) is 0 Å². The van der Waals surface area contributed by atoms with Gasteiger partial charge in [0.15, 0.2) is 5.13 Å². The van der Waals surface area contributed by atoms with Gasteiger partial charge in [0.1, 0.15) is 0 Å². The van der Waals surface area contributed by atoms with Crippen LogP contribution in [0, 0.1) is 0 Å². The molecule has 3 N–H and O–H groups in total. The monoisotopic (exact) mass is 347 g/mol. The molecule has 100 valence electrons. The molecule has 0 atom stereocenters. The lowest BCUT2D eigenvalue weighted by atomic mass is 10.2.